The van der Waals surface area contributed by atoms with Crippen molar-refractivity contribution in [2.24, 2.45) is 0 Å². The van der Waals surface area contributed by atoms with Gasteiger partial charge in [-0.15, -0.1) is 13.2 Å². The highest BCUT2D eigenvalue weighted by molar-refractivity contribution is 7.93. The summed E-state index contributed by atoms with van der Waals surface area (Å²) in [4.78, 5) is 0. The summed E-state index contributed by atoms with van der Waals surface area (Å²) < 4.78 is 48.0. The van der Waals surface area contributed by atoms with Gasteiger partial charge >= 0.3 is 5.92 Å². The standard InChI is InChI=1S/C17H15F3OP/c1-3-9-14(4-2)22(17(18,19)20,16-12-8-13-21-16)15-10-6-5-7-11-15/h3-13H,1-2H2/q+1/b14-9+. The molecular formula is C17H15F3OP+. The SMILES string of the molecule is C=C/C=C(\C=C)[P+](c1ccccc1)(c1ccco1)C(F)(F)F. The minimum absolute atomic E-state index is 0.0659. The van der Waals surface area contributed by atoms with Gasteiger partial charge < -0.3 is 4.42 Å². The Morgan fingerprint density at radius 2 is 1.73 bits per heavy atom. The molecule has 2 aromatic rings. The topological polar surface area (TPSA) is 13.1 Å². The van der Waals surface area contributed by atoms with Gasteiger partial charge in [0.15, 0.2) is 0 Å². The van der Waals surface area contributed by atoms with Gasteiger partial charge in [0, 0.05) is 6.07 Å². The van der Waals surface area contributed by atoms with Crippen molar-refractivity contribution in [3.8, 4) is 0 Å². The van der Waals surface area contributed by atoms with Gasteiger partial charge in [-0.1, -0.05) is 37.4 Å². The molecule has 0 saturated heterocycles. The first-order valence-electron chi connectivity index (χ1n) is 6.49. The van der Waals surface area contributed by atoms with Gasteiger partial charge in [-0.2, -0.15) is 0 Å². The largest absolute Gasteiger partial charge is 0.527 e. The van der Waals surface area contributed by atoms with Crippen LogP contribution >= 0.6 is 7.26 Å². The maximum atomic E-state index is 14.3. The van der Waals surface area contributed by atoms with Gasteiger partial charge in [0.1, 0.15) is 10.6 Å². The number of hydrogen-bond donors (Lipinski definition) is 0. The van der Waals surface area contributed by atoms with Crippen LogP contribution in [0, 0.1) is 0 Å². The molecule has 0 radical (unpaired) electrons. The molecule has 114 valence electrons. The molecule has 2 rings (SSSR count). The third-order valence-corrected chi connectivity index (χ3v) is 7.10. The van der Waals surface area contributed by atoms with Crippen molar-refractivity contribution in [2.75, 3.05) is 0 Å². The van der Waals surface area contributed by atoms with E-state index in [2.05, 4.69) is 13.2 Å². The van der Waals surface area contributed by atoms with E-state index in [1.165, 1.54) is 48.8 Å². The summed E-state index contributed by atoms with van der Waals surface area (Å²) in [6.45, 7) is 7.08. The molecule has 22 heavy (non-hydrogen) atoms. The van der Waals surface area contributed by atoms with Gasteiger partial charge in [-0.05, 0) is 30.4 Å². The van der Waals surface area contributed by atoms with E-state index in [-0.39, 0.29) is 16.1 Å². The first kappa shape index (κ1) is 16.3. The van der Waals surface area contributed by atoms with E-state index in [1.807, 2.05) is 0 Å². The molecule has 1 aromatic heterocycles. The van der Waals surface area contributed by atoms with Crippen LogP contribution in [0.15, 0.2) is 89.8 Å². The zero-order chi connectivity index (χ0) is 16.2. The van der Waals surface area contributed by atoms with Crippen molar-refractivity contribution in [1.82, 2.24) is 0 Å². The van der Waals surface area contributed by atoms with Crippen molar-refractivity contribution >= 4 is 18.1 Å². The number of alkyl halides is 3. The Morgan fingerprint density at radius 3 is 2.18 bits per heavy atom. The van der Waals surface area contributed by atoms with E-state index in [9.17, 15) is 13.2 Å². The predicted molar refractivity (Wildman–Crippen MR) is 85.9 cm³/mol. The van der Waals surface area contributed by atoms with Crippen LogP contribution in [0.3, 0.4) is 0 Å². The highest BCUT2D eigenvalue weighted by Crippen LogP contribution is 2.74. The second-order valence-corrected chi connectivity index (χ2v) is 7.78. The molecule has 1 unspecified atom stereocenters. The molecule has 0 aliphatic rings. The number of benzene rings is 1. The molecule has 1 aromatic carbocycles. The van der Waals surface area contributed by atoms with Gasteiger partial charge in [-0.3, -0.25) is 0 Å². The maximum absolute atomic E-state index is 14.3. The van der Waals surface area contributed by atoms with E-state index < -0.39 is 13.2 Å². The van der Waals surface area contributed by atoms with Crippen LogP contribution in [0.2, 0.25) is 0 Å². The fraction of sp³-hybridized carbons (Fsp3) is 0.0588. The summed E-state index contributed by atoms with van der Waals surface area (Å²) in [6, 6.07) is 10.7. The Balaban J connectivity index is 2.91. The Bertz CT molecular complexity index is 672. The average Bonchev–Trinajstić information content (AvgIpc) is 3.01. The predicted octanol–water partition coefficient (Wildman–Crippen LogP) is 5.02. The zero-order valence-electron chi connectivity index (χ0n) is 11.8. The molecule has 0 amide bonds. The fourth-order valence-electron chi connectivity index (χ4n) is 2.37. The Morgan fingerprint density at radius 1 is 1.05 bits per heavy atom. The molecule has 0 fully saturated rings. The fourth-order valence-corrected chi connectivity index (χ4v) is 5.76. The molecule has 0 bridgehead atoms. The van der Waals surface area contributed by atoms with E-state index in [1.54, 1.807) is 18.2 Å². The van der Waals surface area contributed by atoms with Gasteiger partial charge in [0.25, 0.3) is 12.8 Å². The van der Waals surface area contributed by atoms with Crippen molar-refractivity contribution in [2.45, 2.75) is 5.92 Å². The summed E-state index contributed by atoms with van der Waals surface area (Å²) >= 11 is 0. The van der Waals surface area contributed by atoms with Crippen molar-refractivity contribution in [1.29, 1.82) is 0 Å². The number of allylic oxidation sites excluding steroid dienone is 4. The molecule has 0 saturated carbocycles. The lowest BCUT2D eigenvalue weighted by atomic mass is 10.4. The lowest BCUT2D eigenvalue weighted by molar-refractivity contribution is -0.0407. The van der Waals surface area contributed by atoms with Crippen LogP contribution in [-0.2, 0) is 0 Å². The first-order chi connectivity index (χ1) is 10.5. The first-order valence-corrected chi connectivity index (χ1v) is 8.28. The zero-order valence-corrected chi connectivity index (χ0v) is 12.6. The Hall–Kier alpha value is -2.06. The quantitative estimate of drug-likeness (QED) is 0.556. The highest BCUT2D eigenvalue weighted by Gasteiger charge is 2.70. The molecule has 0 aliphatic carbocycles. The summed E-state index contributed by atoms with van der Waals surface area (Å²) in [5.74, 6) is -4.50. The Labute approximate surface area is 127 Å². The second kappa shape index (κ2) is 6.37. The van der Waals surface area contributed by atoms with Crippen LogP contribution in [0.1, 0.15) is 0 Å². The van der Waals surface area contributed by atoms with Gasteiger partial charge in [-0.25, -0.2) is 0 Å². The van der Waals surface area contributed by atoms with Crippen LogP contribution in [0.25, 0.3) is 0 Å². The molecule has 0 N–H and O–H groups in total. The smallest absolute Gasteiger partial charge is 0.434 e. The average molecular weight is 323 g/mol. The number of furan rings is 1. The maximum Gasteiger partial charge on any atom is 0.527 e. The van der Waals surface area contributed by atoms with Crippen LogP contribution in [0.4, 0.5) is 13.2 Å². The van der Waals surface area contributed by atoms with E-state index in [4.69, 9.17) is 4.42 Å². The number of halogens is 3. The van der Waals surface area contributed by atoms with Crippen molar-refractivity contribution in [3.63, 3.8) is 0 Å². The van der Waals surface area contributed by atoms with Crippen LogP contribution in [-0.4, -0.2) is 5.92 Å². The van der Waals surface area contributed by atoms with E-state index in [0.717, 1.165) is 0 Å². The highest BCUT2D eigenvalue weighted by atomic mass is 31.2. The molecule has 0 spiro atoms. The third kappa shape index (κ3) is 2.55. The lowest BCUT2D eigenvalue weighted by Gasteiger charge is -2.26. The Kier molecular flexibility index (Phi) is 4.72. The second-order valence-electron chi connectivity index (χ2n) is 4.46. The number of rotatable bonds is 5. The normalized spacial score (nSPS) is 15.1. The third-order valence-electron chi connectivity index (χ3n) is 3.25. The summed E-state index contributed by atoms with van der Waals surface area (Å²) in [7, 11) is -3.96. The van der Waals surface area contributed by atoms with Crippen molar-refractivity contribution in [3.05, 3.63) is 85.4 Å². The van der Waals surface area contributed by atoms with Gasteiger partial charge in [0.2, 0.25) is 0 Å². The van der Waals surface area contributed by atoms with Gasteiger partial charge in [0.05, 0.1) is 6.26 Å². The molecule has 5 heteroatoms. The monoisotopic (exact) mass is 323 g/mol. The molecular weight excluding hydrogens is 308 g/mol. The molecule has 1 nitrogen and oxygen atoms in total. The minimum Gasteiger partial charge on any atom is -0.434 e. The lowest BCUT2D eigenvalue weighted by Crippen LogP contribution is -2.33. The number of hydrogen-bond acceptors (Lipinski definition) is 1. The minimum atomic E-state index is -4.50. The summed E-state index contributed by atoms with van der Waals surface area (Å²) in [5, 5.41) is 0.238. The summed E-state index contributed by atoms with van der Waals surface area (Å²) in [6.07, 6.45) is 5.18. The van der Waals surface area contributed by atoms with Crippen LogP contribution < -0.4 is 10.8 Å². The molecule has 0 aliphatic heterocycles. The van der Waals surface area contributed by atoms with E-state index in [0.29, 0.717) is 0 Å². The van der Waals surface area contributed by atoms with Crippen molar-refractivity contribution < 1.29 is 17.6 Å². The molecule has 1 heterocycles. The van der Waals surface area contributed by atoms with E-state index >= 15 is 0 Å². The van der Waals surface area contributed by atoms with Crippen LogP contribution in [0.5, 0.6) is 0 Å². The molecule has 1 atom stereocenters. The summed E-state index contributed by atoms with van der Waals surface area (Å²) in [5.41, 5.74) is -0.0980.